The smallest absolute Gasteiger partial charge is 0.356 e. The summed E-state index contributed by atoms with van der Waals surface area (Å²) in [6, 6.07) is 6.25. The number of amides is 1. The minimum atomic E-state index is -4.49. The van der Waals surface area contributed by atoms with Crippen molar-refractivity contribution in [1.82, 2.24) is 10.3 Å². The highest BCUT2D eigenvalue weighted by molar-refractivity contribution is 6.42. The van der Waals surface area contributed by atoms with Crippen molar-refractivity contribution in [2.75, 3.05) is 24.5 Å². The maximum Gasteiger partial charge on any atom is 0.417 e. The molecule has 0 bridgehead atoms. The number of piperidine rings is 1. The molecule has 1 aromatic heterocycles. The highest BCUT2D eigenvalue weighted by atomic mass is 35.5. The van der Waals surface area contributed by atoms with Gasteiger partial charge in [0.25, 0.3) is 0 Å². The predicted octanol–water partition coefficient (Wildman–Crippen LogP) is 5.64. The van der Waals surface area contributed by atoms with Crippen LogP contribution in [0.25, 0.3) is 0 Å². The summed E-state index contributed by atoms with van der Waals surface area (Å²) < 4.78 is 38.3. The van der Waals surface area contributed by atoms with Crippen molar-refractivity contribution >= 4 is 46.5 Å². The number of hydrogen-bond donors (Lipinski definition) is 1. The molecule has 1 saturated heterocycles. The van der Waals surface area contributed by atoms with E-state index in [0.29, 0.717) is 54.8 Å². The van der Waals surface area contributed by atoms with Gasteiger partial charge in [-0.25, -0.2) is 4.98 Å². The first-order chi connectivity index (χ1) is 14.2. The third-order valence-electron chi connectivity index (χ3n) is 5.04. The number of benzene rings is 1. The number of alkyl halides is 3. The van der Waals surface area contributed by atoms with Gasteiger partial charge < -0.3 is 10.2 Å². The minimum absolute atomic E-state index is 0.0499. The third-order valence-corrected chi connectivity index (χ3v) is 6.18. The SMILES string of the molecule is O=C(NCCc1cccc(Cl)c1Cl)C1CCN(c2ncc(C(F)(F)F)cc2Cl)CC1. The Hall–Kier alpha value is -1.70. The van der Waals surface area contributed by atoms with Crippen LogP contribution in [-0.2, 0) is 17.4 Å². The zero-order valence-corrected chi connectivity index (χ0v) is 18.0. The fraction of sp³-hybridized carbons (Fsp3) is 0.400. The highest BCUT2D eigenvalue weighted by Crippen LogP contribution is 2.34. The molecule has 0 aliphatic carbocycles. The van der Waals surface area contributed by atoms with Crippen LogP contribution in [0, 0.1) is 5.92 Å². The van der Waals surface area contributed by atoms with Crippen LogP contribution < -0.4 is 10.2 Å². The van der Waals surface area contributed by atoms with Gasteiger partial charge in [-0.2, -0.15) is 13.2 Å². The van der Waals surface area contributed by atoms with Gasteiger partial charge in [-0.05, 0) is 37.0 Å². The molecule has 2 heterocycles. The molecule has 0 radical (unpaired) electrons. The monoisotopic (exact) mass is 479 g/mol. The van der Waals surface area contributed by atoms with E-state index < -0.39 is 11.7 Å². The Bertz CT molecular complexity index is 916. The Balaban J connectivity index is 1.50. The Morgan fingerprint density at radius 3 is 2.50 bits per heavy atom. The molecule has 0 unspecified atom stereocenters. The van der Waals surface area contributed by atoms with E-state index in [-0.39, 0.29) is 16.8 Å². The molecule has 1 aromatic carbocycles. The summed E-state index contributed by atoms with van der Waals surface area (Å²) in [7, 11) is 0. The number of nitrogens with one attached hydrogen (secondary N) is 1. The molecule has 30 heavy (non-hydrogen) atoms. The van der Waals surface area contributed by atoms with Gasteiger partial charge in [0.1, 0.15) is 5.82 Å². The Labute approximate surface area is 187 Å². The maximum absolute atomic E-state index is 12.8. The number of aromatic nitrogens is 1. The minimum Gasteiger partial charge on any atom is -0.356 e. The van der Waals surface area contributed by atoms with Gasteiger partial charge in [0.2, 0.25) is 5.91 Å². The van der Waals surface area contributed by atoms with Crippen molar-refractivity contribution in [2.24, 2.45) is 5.92 Å². The fourth-order valence-corrected chi connectivity index (χ4v) is 4.08. The summed E-state index contributed by atoms with van der Waals surface area (Å²) in [5.41, 5.74) is -0.0207. The lowest BCUT2D eigenvalue weighted by molar-refractivity contribution is -0.137. The third kappa shape index (κ3) is 5.50. The second-order valence-electron chi connectivity index (χ2n) is 7.04. The molecule has 1 N–H and O–H groups in total. The second kappa shape index (κ2) is 9.62. The van der Waals surface area contributed by atoms with Crippen molar-refractivity contribution in [3.63, 3.8) is 0 Å². The number of carbonyl (C=O) groups excluding carboxylic acids is 1. The lowest BCUT2D eigenvalue weighted by atomic mass is 9.95. The number of halogens is 6. The molecule has 1 aliphatic rings. The topological polar surface area (TPSA) is 45.2 Å². The molecule has 3 rings (SSSR count). The van der Waals surface area contributed by atoms with Crippen LogP contribution in [0.2, 0.25) is 15.1 Å². The van der Waals surface area contributed by atoms with E-state index in [9.17, 15) is 18.0 Å². The second-order valence-corrected chi connectivity index (χ2v) is 8.23. The van der Waals surface area contributed by atoms with Crippen LogP contribution in [0.1, 0.15) is 24.0 Å². The maximum atomic E-state index is 12.8. The summed E-state index contributed by atoms with van der Waals surface area (Å²) in [4.78, 5) is 18.1. The number of carbonyl (C=O) groups is 1. The van der Waals surface area contributed by atoms with Crippen LogP contribution in [0.15, 0.2) is 30.5 Å². The number of hydrogen-bond acceptors (Lipinski definition) is 3. The Morgan fingerprint density at radius 2 is 1.87 bits per heavy atom. The van der Waals surface area contributed by atoms with E-state index in [1.165, 1.54) is 0 Å². The fourth-order valence-electron chi connectivity index (χ4n) is 3.38. The molecule has 0 saturated carbocycles. The van der Waals surface area contributed by atoms with E-state index in [2.05, 4.69) is 10.3 Å². The quantitative estimate of drug-likeness (QED) is 0.603. The zero-order chi connectivity index (χ0) is 21.9. The molecular formula is C20H19Cl3F3N3O. The molecule has 1 fully saturated rings. The largest absolute Gasteiger partial charge is 0.417 e. The van der Waals surface area contributed by atoms with Crippen LogP contribution in [0.4, 0.5) is 19.0 Å². The van der Waals surface area contributed by atoms with Crippen molar-refractivity contribution in [1.29, 1.82) is 0 Å². The summed E-state index contributed by atoms with van der Waals surface area (Å²) >= 11 is 18.2. The zero-order valence-electron chi connectivity index (χ0n) is 15.8. The molecule has 10 heteroatoms. The van der Waals surface area contributed by atoms with E-state index in [4.69, 9.17) is 34.8 Å². The highest BCUT2D eigenvalue weighted by Gasteiger charge is 2.33. The molecule has 0 atom stereocenters. The molecule has 0 spiro atoms. The number of nitrogens with zero attached hydrogens (tertiary/aromatic N) is 2. The molecule has 162 valence electrons. The van der Waals surface area contributed by atoms with Crippen molar-refractivity contribution in [3.05, 3.63) is 56.7 Å². The number of rotatable bonds is 5. The van der Waals surface area contributed by atoms with Crippen molar-refractivity contribution in [2.45, 2.75) is 25.4 Å². The first-order valence-electron chi connectivity index (χ1n) is 9.35. The molecule has 4 nitrogen and oxygen atoms in total. The molecule has 1 aliphatic heterocycles. The van der Waals surface area contributed by atoms with E-state index >= 15 is 0 Å². The standard InChI is InChI=1S/C20H19Cl3F3N3O/c21-15-3-1-2-12(17(15)23)4-7-27-19(30)13-5-8-29(9-6-13)18-16(22)10-14(11-28-18)20(24,25)26/h1-3,10-11,13H,4-9H2,(H,27,30). The van der Waals surface area contributed by atoms with Crippen LogP contribution in [-0.4, -0.2) is 30.5 Å². The van der Waals surface area contributed by atoms with E-state index in [0.717, 1.165) is 17.8 Å². The Kier molecular flexibility index (Phi) is 7.37. The first kappa shape index (κ1) is 23.0. The van der Waals surface area contributed by atoms with Gasteiger partial charge in [-0.15, -0.1) is 0 Å². The van der Waals surface area contributed by atoms with Crippen LogP contribution in [0.5, 0.6) is 0 Å². The van der Waals surface area contributed by atoms with Gasteiger partial charge in [0.15, 0.2) is 0 Å². The molecule has 2 aromatic rings. The lowest BCUT2D eigenvalue weighted by Gasteiger charge is -2.32. The molecule has 1 amide bonds. The van der Waals surface area contributed by atoms with Gasteiger partial charge in [0, 0.05) is 31.7 Å². The number of anilines is 1. The van der Waals surface area contributed by atoms with Gasteiger partial charge in [-0.3, -0.25) is 4.79 Å². The average Bonchev–Trinajstić information content (AvgIpc) is 2.70. The summed E-state index contributed by atoms with van der Waals surface area (Å²) in [6.07, 6.45) is -2.03. The molecular weight excluding hydrogens is 462 g/mol. The summed E-state index contributed by atoms with van der Waals surface area (Å²) in [5, 5.41) is 3.83. The Morgan fingerprint density at radius 1 is 1.17 bits per heavy atom. The van der Waals surface area contributed by atoms with Gasteiger partial charge in [-0.1, -0.05) is 46.9 Å². The van der Waals surface area contributed by atoms with Crippen LogP contribution >= 0.6 is 34.8 Å². The number of pyridine rings is 1. The van der Waals surface area contributed by atoms with Gasteiger partial charge >= 0.3 is 6.18 Å². The predicted molar refractivity (Wildman–Crippen MR) is 112 cm³/mol. The van der Waals surface area contributed by atoms with E-state index in [1.807, 2.05) is 12.1 Å². The summed E-state index contributed by atoms with van der Waals surface area (Å²) in [5.74, 6) is 0.0720. The van der Waals surface area contributed by atoms with Gasteiger partial charge in [0.05, 0.1) is 20.6 Å². The normalized spacial score (nSPS) is 15.3. The van der Waals surface area contributed by atoms with Crippen molar-refractivity contribution in [3.8, 4) is 0 Å². The summed E-state index contributed by atoms with van der Waals surface area (Å²) in [6.45, 7) is 1.40. The van der Waals surface area contributed by atoms with E-state index in [1.54, 1.807) is 11.0 Å². The average molecular weight is 481 g/mol. The van der Waals surface area contributed by atoms with Crippen LogP contribution in [0.3, 0.4) is 0 Å². The first-order valence-corrected chi connectivity index (χ1v) is 10.5. The van der Waals surface area contributed by atoms with Crippen molar-refractivity contribution < 1.29 is 18.0 Å². The lowest BCUT2D eigenvalue weighted by Crippen LogP contribution is -2.41.